The molecule has 18 heavy (non-hydrogen) atoms. The number of nitrogens with zero attached hydrogens (tertiary/aromatic N) is 2. The van der Waals surface area contributed by atoms with Gasteiger partial charge in [-0.3, -0.25) is 0 Å². The van der Waals surface area contributed by atoms with Crippen LogP contribution >= 0.6 is 0 Å². The van der Waals surface area contributed by atoms with Crippen molar-refractivity contribution in [1.82, 2.24) is 14.9 Å². The van der Waals surface area contributed by atoms with Crippen LogP contribution in [0.1, 0.15) is 24.6 Å². The lowest BCUT2D eigenvalue weighted by molar-refractivity contribution is 0.440. The van der Waals surface area contributed by atoms with Crippen LogP contribution in [0, 0.1) is 11.6 Å². The number of fused-ring (bicyclic) bond motifs is 1. The van der Waals surface area contributed by atoms with E-state index in [0.29, 0.717) is 5.52 Å². The van der Waals surface area contributed by atoms with E-state index in [-0.39, 0.29) is 11.4 Å². The second-order valence-electron chi connectivity index (χ2n) is 4.83. The highest BCUT2D eigenvalue weighted by atomic mass is 19.1. The van der Waals surface area contributed by atoms with Crippen LogP contribution in [0.25, 0.3) is 11.0 Å². The molecule has 0 bridgehead atoms. The summed E-state index contributed by atoms with van der Waals surface area (Å²) in [5.74, 6) is -0.0350. The van der Waals surface area contributed by atoms with Gasteiger partial charge in [-0.2, -0.15) is 0 Å². The monoisotopic (exact) mass is 251 g/mol. The minimum Gasteiger partial charge on any atom is -0.331 e. The predicted octanol–water partition coefficient (Wildman–Crippen LogP) is 2.32. The van der Waals surface area contributed by atoms with E-state index in [4.69, 9.17) is 0 Å². The number of nitrogens with one attached hydrogen (secondary N) is 1. The molecule has 1 fully saturated rings. The van der Waals surface area contributed by atoms with Crippen molar-refractivity contribution in [3.63, 3.8) is 0 Å². The summed E-state index contributed by atoms with van der Waals surface area (Å²) in [7, 11) is 1.82. The fraction of sp³-hybridized carbons (Fsp3) is 0.462. The summed E-state index contributed by atoms with van der Waals surface area (Å²) in [6, 6.07) is 2.23. The molecule has 2 heterocycles. The highest BCUT2D eigenvalue weighted by molar-refractivity contribution is 5.76. The third-order valence-electron chi connectivity index (χ3n) is 3.60. The predicted molar refractivity (Wildman–Crippen MR) is 65.5 cm³/mol. The lowest BCUT2D eigenvalue weighted by Crippen LogP contribution is -2.29. The Hall–Kier alpha value is -1.49. The number of piperidine rings is 1. The highest BCUT2D eigenvalue weighted by Gasteiger charge is 2.22. The summed E-state index contributed by atoms with van der Waals surface area (Å²) >= 11 is 0. The molecule has 1 aliphatic rings. The minimum atomic E-state index is -0.587. The third kappa shape index (κ3) is 1.79. The Morgan fingerprint density at radius 2 is 2.22 bits per heavy atom. The SMILES string of the molecule is Cn1c(C2CCCNC2)nc2c(F)cc(F)cc21. The first-order valence-corrected chi connectivity index (χ1v) is 6.19. The Kier molecular flexibility index (Phi) is 2.78. The van der Waals surface area contributed by atoms with Crippen LogP contribution in [-0.4, -0.2) is 22.6 Å². The largest absolute Gasteiger partial charge is 0.331 e. The molecule has 3 rings (SSSR count). The normalized spacial score (nSPS) is 20.5. The van der Waals surface area contributed by atoms with Gasteiger partial charge < -0.3 is 9.88 Å². The fourth-order valence-corrected chi connectivity index (χ4v) is 2.67. The van der Waals surface area contributed by atoms with Crippen molar-refractivity contribution in [2.45, 2.75) is 18.8 Å². The fourth-order valence-electron chi connectivity index (χ4n) is 2.67. The Balaban J connectivity index is 2.13. The molecule has 0 saturated carbocycles. The zero-order valence-electron chi connectivity index (χ0n) is 10.2. The zero-order valence-corrected chi connectivity index (χ0v) is 10.2. The molecular weight excluding hydrogens is 236 g/mol. The summed E-state index contributed by atoms with van der Waals surface area (Å²) in [4.78, 5) is 4.36. The molecule has 0 amide bonds. The van der Waals surface area contributed by atoms with Crippen molar-refractivity contribution >= 4 is 11.0 Å². The molecule has 1 saturated heterocycles. The number of rotatable bonds is 1. The van der Waals surface area contributed by atoms with Crippen LogP contribution in [0.2, 0.25) is 0 Å². The van der Waals surface area contributed by atoms with Gasteiger partial charge in [-0.05, 0) is 25.5 Å². The molecule has 2 aromatic rings. The minimum absolute atomic E-state index is 0.263. The maximum Gasteiger partial charge on any atom is 0.153 e. The highest BCUT2D eigenvalue weighted by Crippen LogP contribution is 2.27. The molecule has 1 aromatic carbocycles. The molecule has 1 aliphatic heterocycles. The molecule has 5 heteroatoms. The average molecular weight is 251 g/mol. The van der Waals surface area contributed by atoms with Crippen molar-refractivity contribution in [1.29, 1.82) is 0 Å². The maximum atomic E-state index is 13.7. The van der Waals surface area contributed by atoms with Gasteiger partial charge in [0.05, 0.1) is 5.52 Å². The van der Waals surface area contributed by atoms with Crippen LogP contribution in [0.4, 0.5) is 8.78 Å². The van der Waals surface area contributed by atoms with Gasteiger partial charge in [-0.15, -0.1) is 0 Å². The standard InChI is InChI=1S/C13H15F2N3/c1-18-11-6-9(14)5-10(15)12(11)17-13(18)8-3-2-4-16-7-8/h5-6,8,16H,2-4,7H2,1H3. The zero-order chi connectivity index (χ0) is 12.7. The maximum absolute atomic E-state index is 13.7. The lowest BCUT2D eigenvalue weighted by atomic mass is 9.99. The molecule has 1 aromatic heterocycles. The van der Waals surface area contributed by atoms with E-state index in [2.05, 4.69) is 10.3 Å². The van der Waals surface area contributed by atoms with E-state index in [1.54, 1.807) is 4.57 Å². The van der Waals surface area contributed by atoms with Gasteiger partial charge >= 0.3 is 0 Å². The van der Waals surface area contributed by atoms with E-state index in [1.807, 2.05) is 7.05 Å². The van der Waals surface area contributed by atoms with Crippen molar-refractivity contribution in [3.05, 3.63) is 29.6 Å². The number of hydrogen-bond donors (Lipinski definition) is 1. The molecule has 1 unspecified atom stereocenters. The van der Waals surface area contributed by atoms with Gasteiger partial charge in [-0.25, -0.2) is 13.8 Å². The topological polar surface area (TPSA) is 29.9 Å². The number of halogens is 2. The van der Waals surface area contributed by atoms with Crippen molar-refractivity contribution < 1.29 is 8.78 Å². The van der Waals surface area contributed by atoms with Crippen molar-refractivity contribution in [2.75, 3.05) is 13.1 Å². The quantitative estimate of drug-likeness (QED) is 0.843. The summed E-state index contributed by atoms with van der Waals surface area (Å²) in [5, 5.41) is 3.31. The number of imidazole rings is 1. The molecule has 1 atom stereocenters. The van der Waals surface area contributed by atoms with Crippen LogP contribution in [0.3, 0.4) is 0 Å². The molecule has 3 nitrogen and oxygen atoms in total. The Labute approximate surface area is 104 Å². The van der Waals surface area contributed by atoms with Gasteiger partial charge in [0, 0.05) is 25.6 Å². The Bertz CT molecular complexity index is 585. The van der Waals surface area contributed by atoms with Gasteiger partial charge in [0.2, 0.25) is 0 Å². The molecule has 96 valence electrons. The van der Waals surface area contributed by atoms with E-state index in [1.165, 1.54) is 6.07 Å². The second kappa shape index (κ2) is 4.31. The average Bonchev–Trinajstić information content (AvgIpc) is 2.69. The molecule has 0 aliphatic carbocycles. The summed E-state index contributed by atoms with van der Waals surface area (Å²) in [6.07, 6.45) is 2.12. The number of aromatic nitrogens is 2. The molecular formula is C13H15F2N3. The Morgan fingerprint density at radius 3 is 2.94 bits per heavy atom. The van der Waals surface area contributed by atoms with E-state index in [0.717, 1.165) is 37.8 Å². The lowest BCUT2D eigenvalue weighted by Gasteiger charge is -2.22. The van der Waals surface area contributed by atoms with Crippen molar-refractivity contribution in [3.8, 4) is 0 Å². The van der Waals surface area contributed by atoms with Crippen molar-refractivity contribution in [2.24, 2.45) is 7.05 Å². The second-order valence-corrected chi connectivity index (χ2v) is 4.83. The van der Waals surface area contributed by atoms with Gasteiger partial charge in [0.25, 0.3) is 0 Å². The third-order valence-corrected chi connectivity index (χ3v) is 3.60. The first kappa shape index (κ1) is 11.6. The van der Waals surface area contributed by atoms with E-state index >= 15 is 0 Å². The first-order chi connectivity index (χ1) is 8.66. The van der Waals surface area contributed by atoms with Gasteiger partial charge in [-0.1, -0.05) is 0 Å². The molecule has 1 N–H and O–H groups in total. The molecule has 0 spiro atoms. The van der Waals surface area contributed by atoms with Gasteiger partial charge in [0.1, 0.15) is 17.2 Å². The summed E-state index contributed by atoms with van der Waals surface area (Å²) < 4.78 is 28.7. The first-order valence-electron chi connectivity index (χ1n) is 6.19. The summed E-state index contributed by atoms with van der Waals surface area (Å²) in [5.41, 5.74) is 0.785. The number of benzene rings is 1. The van der Waals surface area contributed by atoms with Crippen LogP contribution in [-0.2, 0) is 7.05 Å². The van der Waals surface area contributed by atoms with Crippen LogP contribution < -0.4 is 5.32 Å². The van der Waals surface area contributed by atoms with E-state index < -0.39 is 11.6 Å². The van der Waals surface area contributed by atoms with Crippen LogP contribution in [0.5, 0.6) is 0 Å². The number of aryl methyl sites for hydroxylation is 1. The van der Waals surface area contributed by atoms with Crippen LogP contribution in [0.15, 0.2) is 12.1 Å². The number of hydrogen-bond acceptors (Lipinski definition) is 2. The van der Waals surface area contributed by atoms with Gasteiger partial charge in [0.15, 0.2) is 5.82 Å². The smallest absolute Gasteiger partial charge is 0.153 e. The summed E-state index contributed by atoms with van der Waals surface area (Å²) in [6.45, 7) is 1.87. The molecule has 0 radical (unpaired) electrons. The Morgan fingerprint density at radius 1 is 1.39 bits per heavy atom. The van der Waals surface area contributed by atoms with E-state index in [9.17, 15) is 8.78 Å².